The molecule has 2 aromatic rings. The topological polar surface area (TPSA) is 83.7 Å². The highest BCUT2D eigenvalue weighted by Gasteiger charge is 2.26. The summed E-state index contributed by atoms with van der Waals surface area (Å²) in [6.45, 7) is 6.51. The van der Waals surface area contributed by atoms with E-state index in [1.54, 1.807) is 13.2 Å². The van der Waals surface area contributed by atoms with Crippen molar-refractivity contribution in [2.45, 2.75) is 20.3 Å². The van der Waals surface area contributed by atoms with Crippen LogP contribution in [0.3, 0.4) is 0 Å². The van der Waals surface area contributed by atoms with Crippen molar-refractivity contribution in [3.8, 4) is 5.75 Å². The molecule has 0 unspecified atom stereocenters. The van der Waals surface area contributed by atoms with Crippen LogP contribution in [0, 0.1) is 11.8 Å². The van der Waals surface area contributed by atoms with E-state index >= 15 is 0 Å². The van der Waals surface area contributed by atoms with Crippen LogP contribution in [-0.4, -0.2) is 55.6 Å². The van der Waals surface area contributed by atoms with Gasteiger partial charge < -0.3 is 19.8 Å². The maximum atomic E-state index is 12.7. The van der Waals surface area contributed by atoms with Crippen LogP contribution in [0.1, 0.15) is 30.8 Å². The number of H-pyrrole nitrogens is 1. The molecule has 146 valence electrons. The van der Waals surface area contributed by atoms with Crippen LogP contribution in [0.4, 0.5) is 5.69 Å². The first kappa shape index (κ1) is 19.2. The van der Waals surface area contributed by atoms with Gasteiger partial charge in [-0.3, -0.25) is 9.69 Å². The lowest BCUT2D eigenvalue weighted by Gasteiger charge is -2.34. The zero-order valence-corrected chi connectivity index (χ0v) is 16.3. The molecule has 1 aromatic carbocycles. The zero-order chi connectivity index (χ0) is 19.6. The molecule has 2 heterocycles. The maximum Gasteiger partial charge on any atom is 0.356 e. The molecule has 3 rings (SSSR count). The Kier molecular flexibility index (Phi) is 5.70. The van der Waals surface area contributed by atoms with E-state index in [1.807, 2.05) is 12.1 Å². The van der Waals surface area contributed by atoms with Gasteiger partial charge in [0, 0.05) is 13.1 Å². The quantitative estimate of drug-likeness (QED) is 0.788. The fourth-order valence-electron chi connectivity index (χ4n) is 4.07. The number of esters is 1. The van der Waals surface area contributed by atoms with Gasteiger partial charge in [0.2, 0.25) is 5.91 Å². The summed E-state index contributed by atoms with van der Waals surface area (Å²) in [7, 11) is 2.87. The number of hydrogen-bond acceptors (Lipinski definition) is 5. The molecule has 1 aromatic heterocycles. The van der Waals surface area contributed by atoms with E-state index < -0.39 is 5.97 Å². The third kappa shape index (κ3) is 4.08. The van der Waals surface area contributed by atoms with Gasteiger partial charge in [0.1, 0.15) is 11.4 Å². The number of anilines is 1. The number of amides is 1. The van der Waals surface area contributed by atoms with Crippen LogP contribution >= 0.6 is 0 Å². The number of carbonyl (C=O) groups is 2. The molecule has 7 nitrogen and oxygen atoms in total. The Labute approximate surface area is 159 Å². The Balaban J connectivity index is 1.88. The first-order valence-electron chi connectivity index (χ1n) is 9.22. The minimum absolute atomic E-state index is 0.159. The molecule has 1 amide bonds. The van der Waals surface area contributed by atoms with Crippen LogP contribution < -0.4 is 10.1 Å². The Hall–Kier alpha value is -2.54. The average molecular weight is 373 g/mol. The number of aromatic amines is 1. The molecular weight excluding hydrogens is 346 g/mol. The van der Waals surface area contributed by atoms with E-state index in [4.69, 9.17) is 9.47 Å². The average Bonchev–Trinajstić information content (AvgIpc) is 2.98. The van der Waals surface area contributed by atoms with Gasteiger partial charge in [0.05, 0.1) is 37.4 Å². The summed E-state index contributed by atoms with van der Waals surface area (Å²) in [5.41, 5.74) is 1.31. The highest BCUT2D eigenvalue weighted by atomic mass is 16.5. The van der Waals surface area contributed by atoms with E-state index in [9.17, 15) is 9.59 Å². The molecule has 0 saturated carbocycles. The van der Waals surface area contributed by atoms with Crippen molar-refractivity contribution >= 4 is 28.5 Å². The smallest absolute Gasteiger partial charge is 0.356 e. The minimum atomic E-state index is -0.538. The number of hydrogen-bond donors (Lipinski definition) is 2. The number of carbonyl (C=O) groups excluding carboxylic acids is 2. The lowest BCUT2D eigenvalue weighted by Crippen LogP contribution is -2.42. The number of nitrogens with zero attached hydrogens (tertiary/aromatic N) is 1. The predicted molar refractivity (Wildman–Crippen MR) is 104 cm³/mol. The largest absolute Gasteiger partial charge is 0.496 e. The van der Waals surface area contributed by atoms with Gasteiger partial charge in [-0.15, -0.1) is 0 Å². The number of rotatable bonds is 5. The number of nitrogens with one attached hydrogen (secondary N) is 2. The number of methoxy groups -OCH3 is 2. The highest BCUT2D eigenvalue weighted by Crippen LogP contribution is 2.35. The van der Waals surface area contributed by atoms with Crippen LogP contribution in [0.25, 0.3) is 10.9 Å². The molecule has 0 spiro atoms. The molecular formula is C20H27N3O4. The van der Waals surface area contributed by atoms with Crippen LogP contribution in [0.15, 0.2) is 18.2 Å². The molecule has 0 radical (unpaired) electrons. The van der Waals surface area contributed by atoms with E-state index in [0.29, 0.717) is 34.2 Å². The minimum Gasteiger partial charge on any atom is -0.496 e. The van der Waals surface area contributed by atoms with Crippen molar-refractivity contribution < 1.29 is 19.1 Å². The fraction of sp³-hybridized carbons (Fsp3) is 0.500. The Morgan fingerprint density at radius 1 is 1.22 bits per heavy atom. The third-order valence-corrected chi connectivity index (χ3v) is 4.97. The number of fused-ring (bicyclic) bond motifs is 1. The molecule has 1 aliphatic heterocycles. The van der Waals surface area contributed by atoms with Gasteiger partial charge in [-0.25, -0.2) is 4.79 Å². The summed E-state index contributed by atoms with van der Waals surface area (Å²) in [4.78, 5) is 30.1. The second kappa shape index (κ2) is 8.00. The van der Waals surface area contributed by atoms with E-state index in [1.165, 1.54) is 13.5 Å². The van der Waals surface area contributed by atoms with Crippen molar-refractivity contribution in [2.24, 2.45) is 11.8 Å². The third-order valence-electron chi connectivity index (χ3n) is 4.97. The number of ether oxygens (including phenoxy) is 2. The van der Waals surface area contributed by atoms with Gasteiger partial charge in [-0.05, 0) is 30.4 Å². The van der Waals surface area contributed by atoms with Gasteiger partial charge in [0.15, 0.2) is 0 Å². The standard InChI is InChI=1S/C20H27N3O4/c1-12-8-13(2)10-23(9-12)11-16(24)22-18-17-14(6-5-7-15(17)26-3)21-19(18)20(25)27-4/h5-7,12-13,21H,8-11H2,1-4H3,(H,22,24)/t12-,13+. The molecule has 0 aliphatic carbocycles. The lowest BCUT2D eigenvalue weighted by molar-refractivity contribution is -0.117. The first-order chi connectivity index (χ1) is 12.9. The Morgan fingerprint density at radius 2 is 1.93 bits per heavy atom. The summed E-state index contributed by atoms with van der Waals surface area (Å²) in [6, 6.07) is 5.44. The van der Waals surface area contributed by atoms with E-state index in [2.05, 4.69) is 29.0 Å². The summed E-state index contributed by atoms with van der Waals surface area (Å²) in [5, 5.41) is 3.57. The first-order valence-corrected chi connectivity index (χ1v) is 9.22. The SMILES string of the molecule is COC(=O)c1[nH]c2cccc(OC)c2c1NC(=O)CN1C[C@H](C)C[C@H](C)C1. The predicted octanol–water partition coefficient (Wildman–Crippen LogP) is 2.88. The molecule has 1 aliphatic rings. The van der Waals surface area contributed by atoms with E-state index in [-0.39, 0.29) is 18.1 Å². The Bertz CT molecular complexity index is 835. The van der Waals surface area contributed by atoms with Crippen molar-refractivity contribution in [1.82, 2.24) is 9.88 Å². The van der Waals surface area contributed by atoms with Crippen LogP contribution in [-0.2, 0) is 9.53 Å². The normalized spacial score (nSPS) is 20.4. The van der Waals surface area contributed by atoms with Gasteiger partial charge in [0.25, 0.3) is 0 Å². The second-order valence-electron chi connectivity index (χ2n) is 7.44. The van der Waals surface area contributed by atoms with Gasteiger partial charge >= 0.3 is 5.97 Å². The summed E-state index contributed by atoms with van der Waals surface area (Å²) in [6.07, 6.45) is 1.18. The van der Waals surface area contributed by atoms with E-state index in [0.717, 1.165) is 13.1 Å². The van der Waals surface area contributed by atoms with Crippen molar-refractivity contribution in [1.29, 1.82) is 0 Å². The van der Waals surface area contributed by atoms with Crippen LogP contribution in [0.2, 0.25) is 0 Å². The molecule has 1 saturated heterocycles. The molecule has 27 heavy (non-hydrogen) atoms. The monoisotopic (exact) mass is 373 g/mol. The Morgan fingerprint density at radius 3 is 2.56 bits per heavy atom. The summed E-state index contributed by atoms with van der Waals surface area (Å²) < 4.78 is 10.3. The number of aromatic nitrogens is 1. The van der Waals surface area contributed by atoms with Crippen molar-refractivity contribution in [3.63, 3.8) is 0 Å². The lowest BCUT2D eigenvalue weighted by atomic mass is 9.92. The van der Waals surface area contributed by atoms with Gasteiger partial charge in [-0.1, -0.05) is 19.9 Å². The second-order valence-corrected chi connectivity index (χ2v) is 7.44. The number of piperidine rings is 1. The van der Waals surface area contributed by atoms with Crippen molar-refractivity contribution in [3.05, 3.63) is 23.9 Å². The summed E-state index contributed by atoms with van der Waals surface area (Å²) in [5.74, 6) is 1.02. The highest BCUT2D eigenvalue weighted by molar-refractivity contribution is 6.13. The van der Waals surface area contributed by atoms with Crippen LogP contribution in [0.5, 0.6) is 5.75 Å². The number of likely N-dealkylation sites (tertiary alicyclic amines) is 1. The zero-order valence-electron chi connectivity index (χ0n) is 16.3. The van der Waals surface area contributed by atoms with Gasteiger partial charge in [-0.2, -0.15) is 0 Å². The summed E-state index contributed by atoms with van der Waals surface area (Å²) >= 11 is 0. The van der Waals surface area contributed by atoms with Crippen molar-refractivity contribution in [2.75, 3.05) is 39.2 Å². The molecule has 2 atom stereocenters. The fourth-order valence-corrected chi connectivity index (χ4v) is 4.07. The molecule has 0 bridgehead atoms. The molecule has 2 N–H and O–H groups in total. The molecule has 1 fully saturated rings. The number of benzene rings is 1. The molecule has 7 heteroatoms. The maximum absolute atomic E-state index is 12.7.